The second-order valence-corrected chi connectivity index (χ2v) is 5.63. The zero-order valence-corrected chi connectivity index (χ0v) is 11.3. The lowest BCUT2D eigenvalue weighted by atomic mass is 9.84. The molecular formula is C13H20ClFO2. The van der Waals surface area contributed by atoms with E-state index in [1.54, 1.807) is 0 Å². The molecule has 0 radical (unpaired) electrons. The highest BCUT2D eigenvalue weighted by atomic mass is 35.5. The Morgan fingerprint density at radius 3 is 2.65 bits per heavy atom. The minimum atomic E-state index is -1.09. The lowest BCUT2D eigenvalue weighted by molar-refractivity contribution is -0.155. The summed E-state index contributed by atoms with van der Waals surface area (Å²) in [6.07, 6.45) is -0.804. The van der Waals surface area contributed by atoms with Crippen molar-refractivity contribution in [2.45, 2.75) is 51.3 Å². The topological polar surface area (TPSA) is 26.3 Å². The molecule has 0 bridgehead atoms. The van der Waals surface area contributed by atoms with Gasteiger partial charge in [0.15, 0.2) is 0 Å². The van der Waals surface area contributed by atoms with E-state index in [2.05, 4.69) is 6.58 Å². The van der Waals surface area contributed by atoms with Crippen LogP contribution in [0.2, 0.25) is 0 Å². The van der Waals surface area contributed by atoms with Crippen LogP contribution in [0.1, 0.15) is 33.6 Å². The highest BCUT2D eigenvalue weighted by Gasteiger charge is 2.37. The first-order valence-electron chi connectivity index (χ1n) is 5.99. The van der Waals surface area contributed by atoms with E-state index in [1.807, 2.05) is 20.8 Å². The van der Waals surface area contributed by atoms with Crippen molar-refractivity contribution in [3.63, 3.8) is 0 Å². The third-order valence-corrected chi connectivity index (χ3v) is 3.82. The number of alkyl halides is 2. The Kier molecular flexibility index (Phi) is 4.99. The molecule has 0 aliphatic heterocycles. The van der Waals surface area contributed by atoms with Crippen LogP contribution in [0, 0.1) is 11.8 Å². The van der Waals surface area contributed by atoms with Crippen LogP contribution in [0.3, 0.4) is 0 Å². The third-order valence-electron chi connectivity index (χ3n) is 3.34. The minimum Gasteiger partial charge on any atom is -0.462 e. The number of halogens is 2. The van der Waals surface area contributed by atoms with Gasteiger partial charge < -0.3 is 4.74 Å². The van der Waals surface area contributed by atoms with Crippen LogP contribution in [-0.4, -0.2) is 23.6 Å². The number of carbonyl (C=O) groups excluding carboxylic acids is 1. The normalized spacial score (nSPS) is 31.4. The van der Waals surface area contributed by atoms with Gasteiger partial charge in [0.25, 0.3) is 0 Å². The van der Waals surface area contributed by atoms with Crippen LogP contribution in [0.5, 0.6) is 0 Å². The maximum absolute atomic E-state index is 13.3. The molecule has 17 heavy (non-hydrogen) atoms. The standard InChI is InChI=1S/C13H20ClFO2/c1-7(2)9(4)17-13(16)10-5-8(3)12(15)6-11(10)14/h7,9-12H,3,5-6H2,1-2,4H3. The molecule has 98 valence electrons. The summed E-state index contributed by atoms with van der Waals surface area (Å²) in [5.74, 6) is -0.537. The van der Waals surface area contributed by atoms with Gasteiger partial charge in [-0.2, -0.15) is 0 Å². The van der Waals surface area contributed by atoms with Gasteiger partial charge in [0.2, 0.25) is 0 Å². The number of hydrogen-bond acceptors (Lipinski definition) is 2. The molecule has 0 spiro atoms. The Morgan fingerprint density at radius 2 is 2.12 bits per heavy atom. The van der Waals surface area contributed by atoms with Gasteiger partial charge in [-0.05, 0) is 31.3 Å². The quantitative estimate of drug-likeness (QED) is 0.442. The van der Waals surface area contributed by atoms with E-state index < -0.39 is 17.5 Å². The number of rotatable bonds is 3. The van der Waals surface area contributed by atoms with Crippen LogP contribution < -0.4 is 0 Å². The number of ether oxygens (including phenoxy) is 1. The molecule has 0 N–H and O–H groups in total. The summed E-state index contributed by atoms with van der Waals surface area (Å²) in [6.45, 7) is 9.44. The van der Waals surface area contributed by atoms with Crippen molar-refractivity contribution in [3.8, 4) is 0 Å². The van der Waals surface area contributed by atoms with Crippen molar-refractivity contribution in [1.29, 1.82) is 0 Å². The van der Waals surface area contributed by atoms with Crippen molar-refractivity contribution >= 4 is 17.6 Å². The molecule has 1 aliphatic carbocycles. The summed E-state index contributed by atoms with van der Waals surface area (Å²) in [5, 5.41) is -0.498. The molecule has 1 fully saturated rings. The van der Waals surface area contributed by atoms with Crippen molar-refractivity contribution in [2.75, 3.05) is 0 Å². The van der Waals surface area contributed by atoms with Gasteiger partial charge in [-0.15, -0.1) is 11.6 Å². The fraction of sp³-hybridized carbons (Fsp3) is 0.769. The number of allylic oxidation sites excluding steroid dienone is 1. The Morgan fingerprint density at radius 1 is 1.53 bits per heavy atom. The van der Waals surface area contributed by atoms with E-state index in [1.165, 1.54) is 0 Å². The smallest absolute Gasteiger partial charge is 0.311 e. The van der Waals surface area contributed by atoms with E-state index in [0.717, 1.165) is 0 Å². The second-order valence-electron chi connectivity index (χ2n) is 5.07. The molecule has 1 rings (SSSR count). The molecule has 0 aromatic rings. The number of hydrogen-bond donors (Lipinski definition) is 0. The SMILES string of the molecule is C=C1CC(C(=O)OC(C)C(C)C)C(Cl)CC1F. The highest BCUT2D eigenvalue weighted by Crippen LogP contribution is 2.34. The monoisotopic (exact) mass is 262 g/mol. The first-order valence-corrected chi connectivity index (χ1v) is 6.42. The van der Waals surface area contributed by atoms with Crippen LogP contribution in [0.15, 0.2) is 12.2 Å². The van der Waals surface area contributed by atoms with E-state index in [-0.39, 0.29) is 24.4 Å². The first kappa shape index (κ1) is 14.5. The van der Waals surface area contributed by atoms with Crippen molar-refractivity contribution in [3.05, 3.63) is 12.2 Å². The molecule has 4 heteroatoms. The summed E-state index contributed by atoms with van der Waals surface area (Å²) in [5.41, 5.74) is 0.445. The molecule has 0 saturated heterocycles. The number of carbonyl (C=O) groups is 1. The van der Waals surface area contributed by atoms with Gasteiger partial charge in [0.05, 0.1) is 11.3 Å². The Labute approximate surface area is 107 Å². The van der Waals surface area contributed by atoms with Gasteiger partial charge >= 0.3 is 5.97 Å². The fourth-order valence-corrected chi connectivity index (χ4v) is 2.05. The Bertz CT molecular complexity index is 304. The summed E-state index contributed by atoms with van der Waals surface area (Å²) >= 11 is 6.02. The van der Waals surface area contributed by atoms with E-state index in [0.29, 0.717) is 12.0 Å². The fourth-order valence-electron chi connectivity index (χ4n) is 1.70. The molecule has 0 heterocycles. The van der Waals surface area contributed by atoms with Crippen LogP contribution >= 0.6 is 11.6 Å². The van der Waals surface area contributed by atoms with E-state index in [9.17, 15) is 9.18 Å². The summed E-state index contributed by atoms with van der Waals surface area (Å²) < 4.78 is 18.6. The zero-order valence-electron chi connectivity index (χ0n) is 10.6. The average Bonchev–Trinajstić information content (AvgIpc) is 2.22. The zero-order chi connectivity index (χ0) is 13.2. The van der Waals surface area contributed by atoms with Crippen molar-refractivity contribution in [1.82, 2.24) is 0 Å². The van der Waals surface area contributed by atoms with Crippen LogP contribution in [-0.2, 0) is 9.53 Å². The second kappa shape index (κ2) is 5.85. The van der Waals surface area contributed by atoms with Gasteiger partial charge in [-0.1, -0.05) is 20.4 Å². The largest absolute Gasteiger partial charge is 0.462 e. The van der Waals surface area contributed by atoms with Crippen molar-refractivity contribution < 1.29 is 13.9 Å². The van der Waals surface area contributed by atoms with Crippen LogP contribution in [0.25, 0.3) is 0 Å². The summed E-state index contributed by atoms with van der Waals surface area (Å²) in [4.78, 5) is 11.9. The average molecular weight is 263 g/mol. The lowest BCUT2D eigenvalue weighted by Crippen LogP contribution is -2.36. The minimum absolute atomic E-state index is 0.149. The van der Waals surface area contributed by atoms with Gasteiger partial charge in [-0.25, -0.2) is 4.39 Å². The predicted octanol–water partition coefficient (Wildman–Crippen LogP) is 3.49. The molecule has 0 amide bonds. The highest BCUT2D eigenvalue weighted by molar-refractivity contribution is 6.22. The third kappa shape index (κ3) is 3.70. The molecule has 1 saturated carbocycles. The first-order chi connectivity index (χ1) is 7.82. The Balaban J connectivity index is 2.60. The molecule has 2 nitrogen and oxygen atoms in total. The molecule has 0 aromatic heterocycles. The molecule has 1 aliphatic rings. The number of esters is 1. The van der Waals surface area contributed by atoms with E-state index >= 15 is 0 Å². The summed E-state index contributed by atoms with van der Waals surface area (Å²) in [6, 6.07) is 0. The lowest BCUT2D eigenvalue weighted by Gasteiger charge is -2.30. The maximum atomic E-state index is 13.3. The predicted molar refractivity (Wildman–Crippen MR) is 66.8 cm³/mol. The van der Waals surface area contributed by atoms with Crippen molar-refractivity contribution in [2.24, 2.45) is 11.8 Å². The Hall–Kier alpha value is -0.570. The molecule has 0 aromatic carbocycles. The van der Waals surface area contributed by atoms with Gasteiger partial charge in [0, 0.05) is 0 Å². The summed E-state index contributed by atoms with van der Waals surface area (Å²) in [7, 11) is 0. The maximum Gasteiger partial charge on any atom is 0.311 e. The molecule has 4 unspecified atom stereocenters. The van der Waals surface area contributed by atoms with Gasteiger partial charge in [0.1, 0.15) is 12.3 Å². The molecule has 4 atom stereocenters. The van der Waals surface area contributed by atoms with Crippen LogP contribution in [0.4, 0.5) is 4.39 Å². The molecular weight excluding hydrogens is 243 g/mol. The van der Waals surface area contributed by atoms with E-state index in [4.69, 9.17) is 16.3 Å². The van der Waals surface area contributed by atoms with Gasteiger partial charge in [-0.3, -0.25) is 4.79 Å².